The maximum absolute atomic E-state index is 12.1. The Labute approximate surface area is 199 Å². The Kier molecular flexibility index (Phi) is 6.34. The van der Waals surface area contributed by atoms with Gasteiger partial charge in [0.15, 0.2) is 5.65 Å². The largest absolute Gasteiger partial charge is 0.489 e. The zero-order valence-electron chi connectivity index (χ0n) is 19.1. The predicted octanol–water partition coefficient (Wildman–Crippen LogP) is 4.73. The number of aromatic nitrogens is 3. The zero-order chi connectivity index (χ0) is 23.5. The molecule has 1 N–H and O–H groups in total. The highest BCUT2D eigenvalue weighted by Gasteiger charge is 2.28. The summed E-state index contributed by atoms with van der Waals surface area (Å²) in [4.78, 5) is 12.9. The molecule has 0 radical (unpaired) electrons. The summed E-state index contributed by atoms with van der Waals surface area (Å²) in [6.07, 6.45) is 1.56. The summed E-state index contributed by atoms with van der Waals surface area (Å²) < 4.78 is 31.7. The third kappa shape index (κ3) is 4.83. The van der Waals surface area contributed by atoms with Crippen molar-refractivity contribution in [1.82, 2.24) is 19.3 Å². The molecule has 1 fully saturated rings. The number of H-pyrrole nitrogens is 1. The Morgan fingerprint density at radius 3 is 2.41 bits per heavy atom. The third-order valence-electron chi connectivity index (χ3n) is 6.37. The number of aromatic amines is 1. The van der Waals surface area contributed by atoms with Gasteiger partial charge in [0.25, 0.3) is 0 Å². The first-order valence-corrected chi connectivity index (χ1v) is 13.2. The fraction of sp³-hybridized carbons (Fsp3) is 0.308. The van der Waals surface area contributed by atoms with Crippen LogP contribution in [0.3, 0.4) is 0 Å². The smallest absolute Gasteiger partial charge is 0.213 e. The molecule has 4 aromatic rings. The SMILES string of the molecule is CCS(=O)(=O)N1CCC(c2ccc3nc(-c4ccc(OCc5ccccc5)cc4)[nH]c3n2)CC1. The lowest BCUT2D eigenvalue weighted by Crippen LogP contribution is -2.38. The van der Waals surface area contributed by atoms with E-state index in [-0.39, 0.29) is 11.7 Å². The van der Waals surface area contributed by atoms with Gasteiger partial charge in [-0.1, -0.05) is 30.3 Å². The van der Waals surface area contributed by atoms with Crippen molar-refractivity contribution in [2.75, 3.05) is 18.8 Å². The van der Waals surface area contributed by atoms with Crippen molar-refractivity contribution < 1.29 is 13.2 Å². The number of pyridine rings is 1. The Hall–Kier alpha value is -3.23. The number of hydrogen-bond donors (Lipinski definition) is 1. The van der Waals surface area contributed by atoms with E-state index in [9.17, 15) is 8.42 Å². The van der Waals surface area contributed by atoms with Gasteiger partial charge in [-0.15, -0.1) is 0 Å². The Bertz CT molecular complexity index is 1360. The number of ether oxygens (including phenoxy) is 1. The second kappa shape index (κ2) is 9.56. The van der Waals surface area contributed by atoms with Crippen molar-refractivity contribution in [3.63, 3.8) is 0 Å². The van der Waals surface area contributed by atoms with E-state index in [4.69, 9.17) is 14.7 Å². The minimum absolute atomic E-state index is 0.152. The molecular weight excluding hydrogens is 448 g/mol. The minimum atomic E-state index is -3.12. The average molecular weight is 477 g/mol. The van der Waals surface area contributed by atoms with Crippen LogP contribution in [0.25, 0.3) is 22.6 Å². The molecule has 2 aromatic carbocycles. The third-order valence-corrected chi connectivity index (χ3v) is 8.25. The van der Waals surface area contributed by atoms with Crippen molar-refractivity contribution in [2.45, 2.75) is 32.3 Å². The van der Waals surface area contributed by atoms with Crippen LogP contribution in [0, 0.1) is 0 Å². The molecule has 0 bridgehead atoms. The number of imidazole rings is 1. The van der Waals surface area contributed by atoms with Gasteiger partial charge in [-0.05, 0) is 61.7 Å². The number of nitrogens with zero attached hydrogens (tertiary/aromatic N) is 3. The first kappa shape index (κ1) is 22.6. The highest BCUT2D eigenvalue weighted by molar-refractivity contribution is 7.89. The molecule has 0 aliphatic carbocycles. The molecule has 0 atom stereocenters. The topological polar surface area (TPSA) is 88.2 Å². The molecule has 7 nitrogen and oxygen atoms in total. The summed E-state index contributed by atoms with van der Waals surface area (Å²) in [5, 5.41) is 0. The van der Waals surface area contributed by atoms with Gasteiger partial charge < -0.3 is 9.72 Å². The van der Waals surface area contributed by atoms with Crippen LogP contribution in [0.2, 0.25) is 0 Å². The second-order valence-electron chi connectivity index (χ2n) is 8.56. The normalized spacial score (nSPS) is 15.6. The molecule has 2 aromatic heterocycles. The van der Waals surface area contributed by atoms with Crippen molar-refractivity contribution >= 4 is 21.2 Å². The van der Waals surface area contributed by atoms with Crippen molar-refractivity contribution in [3.8, 4) is 17.1 Å². The van der Waals surface area contributed by atoms with E-state index >= 15 is 0 Å². The van der Waals surface area contributed by atoms with Gasteiger partial charge in [-0.3, -0.25) is 0 Å². The number of benzene rings is 2. The summed E-state index contributed by atoms with van der Waals surface area (Å²) in [6.45, 7) is 3.32. The Morgan fingerprint density at radius 2 is 1.71 bits per heavy atom. The van der Waals surface area contributed by atoms with Gasteiger partial charge in [0.1, 0.15) is 23.7 Å². The van der Waals surface area contributed by atoms with E-state index in [2.05, 4.69) is 4.98 Å². The van der Waals surface area contributed by atoms with Crippen LogP contribution in [-0.2, 0) is 16.6 Å². The summed E-state index contributed by atoms with van der Waals surface area (Å²) in [5.74, 6) is 1.97. The molecule has 1 aliphatic heterocycles. The molecule has 8 heteroatoms. The monoisotopic (exact) mass is 476 g/mol. The van der Waals surface area contributed by atoms with Gasteiger partial charge in [-0.2, -0.15) is 0 Å². The van der Waals surface area contributed by atoms with Crippen molar-refractivity contribution in [3.05, 3.63) is 78.0 Å². The molecule has 3 heterocycles. The lowest BCUT2D eigenvalue weighted by Gasteiger charge is -2.30. The molecule has 34 heavy (non-hydrogen) atoms. The van der Waals surface area contributed by atoms with Crippen LogP contribution in [0.5, 0.6) is 5.75 Å². The van der Waals surface area contributed by atoms with Crippen LogP contribution < -0.4 is 4.74 Å². The minimum Gasteiger partial charge on any atom is -0.489 e. The molecule has 0 unspecified atom stereocenters. The van der Waals surface area contributed by atoms with E-state index in [0.717, 1.165) is 52.4 Å². The average Bonchev–Trinajstić information content (AvgIpc) is 3.32. The number of hydrogen-bond acceptors (Lipinski definition) is 5. The molecule has 0 spiro atoms. The fourth-order valence-electron chi connectivity index (χ4n) is 4.34. The Balaban J connectivity index is 1.27. The van der Waals surface area contributed by atoms with Gasteiger partial charge >= 0.3 is 0 Å². The maximum atomic E-state index is 12.1. The summed E-state index contributed by atoms with van der Waals surface area (Å²) >= 11 is 0. The number of piperidine rings is 1. The van der Waals surface area contributed by atoms with Crippen LogP contribution in [0.1, 0.15) is 36.9 Å². The molecule has 1 aliphatic rings. The first-order valence-electron chi connectivity index (χ1n) is 11.6. The predicted molar refractivity (Wildman–Crippen MR) is 133 cm³/mol. The molecule has 1 saturated heterocycles. The van der Waals surface area contributed by atoms with Crippen LogP contribution in [-0.4, -0.2) is 46.5 Å². The zero-order valence-corrected chi connectivity index (χ0v) is 20.0. The van der Waals surface area contributed by atoms with Crippen LogP contribution >= 0.6 is 0 Å². The van der Waals surface area contributed by atoms with E-state index in [0.29, 0.717) is 19.7 Å². The lowest BCUT2D eigenvalue weighted by molar-refractivity contribution is 0.306. The number of sulfonamides is 1. The van der Waals surface area contributed by atoms with E-state index in [1.807, 2.05) is 66.7 Å². The van der Waals surface area contributed by atoms with Gasteiger partial charge in [-0.25, -0.2) is 22.7 Å². The molecular formula is C26H28N4O3S. The number of rotatable bonds is 7. The van der Waals surface area contributed by atoms with Crippen LogP contribution in [0.4, 0.5) is 0 Å². The maximum Gasteiger partial charge on any atom is 0.213 e. The van der Waals surface area contributed by atoms with Crippen molar-refractivity contribution in [1.29, 1.82) is 0 Å². The fourth-order valence-corrected chi connectivity index (χ4v) is 5.47. The number of fused-ring (bicyclic) bond motifs is 1. The lowest BCUT2D eigenvalue weighted by atomic mass is 9.94. The molecule has 5 rings (SSSR count). The van der Waals surface area contributed by atoms with Gasteiger partial charge in [0, 0.05) is 30.3 Å². The molecule has 0 amide bonds. The summed E-state index contributed by atoms with van der Waals surface area (Å²) in [7, 11) is -3.12. The molecule has 176 valence electrons. The highest BCUT2D eigenvalue weighted by Crippen LogP contribution is 2.30. The first-order chi connectivity index (χ1) is 16.5. The Morgan fingerprint density at radius 1 is 0.971 bits per heavy atom. The van der Waals surface area contributed by atoms with Crippen LogP contribution in [0.15, 0.2) is 66.7 Å². The van der Waals surface area contributed by atoms with E-state index in [1.54, 1.807) is 11.2 Å². The summed E-state index contributed by atoms with van der Waals surface area (Å²) in [5.41, 5.74) is 4.64. The van der Waals surface area contributed by atoms with Gasteiger partial charge in [0.05, 0.1) is 5.75 Å². The molecule has 0 saturated carbocycles. The summed E-state index contributed by atoms with van der Waals surface area (Å²) in [6, 6.07) is 22.0. The highest BCUT2D eigenvalue weighted by atomic mass is 32.2. The standard InChI is InChI=1S/C26H28N4O3S/c1-2-34(31,32)30-16-14-20(15-17-30)23-12-13-24-26(27-23)29-25(28-24)21-8-10-22(11-9-21)33-18-19-6-4-3-5-7-19/h3-13,20H,2,14-18H2,1H3,(H,27,28,29). The van der Waals surface area contributed by atoms with Crippen molar-refractivity contribution in [2.24, 2.45) is 0 Å². The van der Waals surface area contributed by atoms with Gasteiger partial charge in [0.2, 0.25) is 10.0 Å². The second-order valence-corrected chi connectivity index (χ2v) is 10.8. The quantitative estimate of drug-likeness (QED) is 0.416. The van der Waals surface area contributed by atoms with E-state index in [1.165, 1.54) is 0 Å². The number of nitrogens with one attached hydrogen (secondary N) is 1. The van der Waals surface area contributed by atoms with E-state index < -0.39 is 10.0 Å².